The van der Waals surface area contributed by atoms with Gasteiger partial charge in [-0.25, -0.2) is 4.39 Å². The average Bonchev–Trinajstić information content (AvgIpc) is 2.47. The summed E-state index contributed by atoms with van der Waals surface area (Å²) >= 11 is 0. The van der Waals surface area contributed by atoms with Crippen molar-refractivity contribution in [3.05, 3.63) is 59.0 Å². The minimum atomic E-state index is -0.313. The van der Waals surface area contributed by atoms with Crippen LogP contribution in [-0.2, 0) is 6.54 Å². The van der Waals surface area contributed by atoms with E-state index in [1.807, 2.05) is 30.5 Å². The summed E-state index contributed by atoms with van der Waals surface area (Å²) in [6.07, 6.45) is 3.95. The Hall–Kier alpha value is -2.29. The highest BCUT2D eigenvalue weighted by Crippen LogP contribution is 2.32. The van der Waals surface area contributed by atoms with Crippen LogP contribution < -0.4 is 10.1 Å². The zero-order valence-corrected chi connectivity index (χ0v) is 11.5. The van der Waals surface area contributed by atoms with Crippen LogP contribution in [0.2, 0.25) is 0 Å². The van der Waals surface area contributed by atoms with Crippen molar-refractivity contribution in [2.24, 2.45) is 0 Å². The van der Waals surface area contributed by atoms with Crippen molar-refractivity contribution < 1.29 is 9.13 Å². The van der Waals surface area contributed by atoms with Gasteiger partial charge in [0.2, 0.25) is 0 Å². The molecule has 0 bridgehead atoms. The lowest BCUT2D eigenvalue weighted by Gasteiger charge is -2.17. The molecule has 3 rings (SSSR count). The number of benzene rings is 2. The zero-order chi connectivity index (χ0) is 14.1. The molecule has 1 heterocycles. The molecule has 0 saturated carbocycles. The first kappa shape index (κ1) is 12.7. The van der Waals surface area contributed by atoms with E-state index < -0.39 is 0 Å². The highest BCUT2D eigenvalue weighted by Gasteiger charge is 2.14. The number of hydrogen-bond acceptors (Lipinski definition) is 2. The lowest BCUT2D eigenvalue weighted by Crippen LogP contribution is -2.11. The van der Waals surface area contributed by atoms with E-state index >= 15 is 0 Å². The SMILES string of the molecule is COc1cccc(-c2cc(C)c3c(c2)C=CNC3)c1F. The Bertz CT molecular complexity index is 692. The molecule has 2 nitrogen and oxygen atoms in total. The van der Waals surface area contributed by atoms with Gasteiger partial charge in [-0.2, -0.15) is 0 Å². The molecule has 0 unspecified atom stereocenters. The van der Waals surface area contributed by atoms with Crippen molar-refractivity contribution in [3.8, 4) is 16.9 Å². The van der Waals surface area contributed by atoms with Crippen molar-refractivity contribution in [2.45, 2.75) is 13.5 Å². The molecule has 1 aliphatic heterocycles. The molecule has 0 spiro atoms. The van der Waals surface area contributed by atoms with Crippen LogP contribution in [0.25, 0.3) is 17.2 Å². The molecule has 3 heteroatoms. The highest BCUT2D eigenvalue weighted by molar-refractivity contribution is 5.72. The Morgan fingerprint density at radius 2 is 2.10 bits per heavy atom. The molecule has 0 aromatic heterocycles. The molecule has 1 N–H and O–H groups in total. The molecule has 2 aromatic carbocycles. The number of ether oxygens (including phenoxy) is 1. The van der Waals surface area contributed by atoms with Gasteiger partial charge in [0, 0.05) is 12.1 Å². The minimum Gasteiger partial charge on any atom is -0.494 e. The standard InChI is InChI=1S/C17H16FNO/c1-11-8-13(9-12-6-7-19-10-15(11)12)14-4-3-5-16(20-2)17(14)18/h3-9,19H,10H2,1-2H3. The van der Waals surface area contributed by atoms with E-state index in [9.17, 15) is 4.39 Å². The summed E-state index contributed by atoms with van der Waals surface area (Å²) in [7, 11) is 1.48. The second kappa shape index (κ2) is 5.00. The van der Waals surface area contributed by atoms with Crippen molar-refractivity contribution >= 4 is 6.08 Å². The zero-order valence-electron chi connectivity index (χ0n) is 11.5. The first-order valence-corrected chi connectivity index (χ1v) is 6.57. The maximum Gasteiger partial charge on any atom is 0.172 e. The summed E-state index contributed by atoms with van der Waals surface area (Å²) in [5.41, 5.74) is 5.02. The largest absolute Gasteiger partial charge is 0.494 e. The molecule has 0 atom stereocenters. The number of fused-ring (bicyclic) bond motifs is 1. The summed E-state index contributed by atoms with van der Waals surface area (Å²) in [5, 5.41) is 3.20. The van der Waals surface area contributed by atoms with Crippen LogP contribution in [0.15, 0.2) is 36.5 Å². The molecule has 2 aromatic rings. The summed E-state index contributed by atoms with van der Waals surface area (Å²) < 4.78 is 19.4. The van der Waals surface area contributed by atoms with E-state index in [0.717, 1.165) is 23.2 Å². The average molecular weight is 269 g/mol. The maximum atomic E-state index is 14.4. The van der Waals surface area contributed by atoms with Gasteiger partial charge in [0.15, 0.2) is 11.6 Å². The van der Waals surface area contributed by atoms with E-state index in [-0.39, 0.29) is 11.6 Å². The second-order valence-corrected chi connectivity index (χ2v) is 4.90. The van der Waals surface area contributed by atoms with E-state index in [2.05, 4.69) is 12.2 Å². The maximum absolute atomic E-state index is 14.4. The molecule has 0 fully saturated rings. The summed E-state index contributed by atoms with van der Waals surface area (Å²) in [4.78, 5) is 0. The van der Waals surface area contributed by atoms with E-state index in [0.29, 0.717) is 5.56 Å². The Balaban J connectivity index is 2.17. The number of methoxy groups -OCH3 is 1. The Morgan fingerprint density at radius 3 is 2.90 bits per heavy atom. The fourth-order valence-electron chi connectivity index (χ4n) is 2.59. The quantitative estimate of drug-likeness (QED) is 0.893. The fourth-order valence-corrected chi connectivity index (χ4v) is 2.59. The van der Waals surface area contributed by atoms with Gasteiger partial charge in [0.25, 0.3) is 0 Å². The third kappa shape index (κ3) is 2.05. The van der Waals surface area contributed by atoms with Crippen molar-refractivity contribution in [3.63, 3.8) is 0 Å². The van der Waals surface area contributed by atoms with Crippen LogP contribution in [0.5, 0.6) is 5.75 Å². The molecule has 20 heavy (non-hydrogen) atoms. The molecule has 0 radical (unpaired) electrons. The third-order valence-electron chi connectivity index (χ3n) is 3.66. The van der Waals surface area contributed by atoms with Crippen LogP contribution in [0, 0.1) is 12.7 Å². The predicted molar refractivity (Wildman–Crippen MR) is 79.0 cm³/mol. The van der Waals surface area contributed by atoms with Crippen LogP contribution in [0.3, 0.4) is 0 Å². The van der Waals surface area contributed by atoms with E-state index in [4.69, 9.17) is 4.74 Å². The molecule has 0 amide bonds. The fraction of sp³-hybridized carbons (Fsp3) is 0.176. The van der Waals surface area contributed by atoms with Crippen LogP contribution in [0.1, 0.15) is 16.7 Å². The minimum absolute atomic E-state index is 0.273. The third-order valence-corrected chi connectivity index (χ3v) is 3.66. The first-order chi connectivity index (χ1) is 9.70. The van der Waals surface area contributed by atoms with E-state index in [1.54, 1.807) is 12.1 Å². The number of halogens is 1. The number of hydrogen-bond donors (Lipinski definition) is 1. The van der Waals surface area contributed by atoms with Gasteiger partial charge in [-0.3, -0.25) is 0 Å². The van der Waals surface area contributed by atoms with Gasteiger partial charge in [-0.15, -0.1) is 0 Å². The molecule has 1 aliphatic rings. The number of nitrogens with one attached hydrogen (secondary N) is 1. The molecular formula is C17H16FNO. The monoisotopic (exact) mass is 269 g/mol. The van der Waals surface area contributed by atoms with Crippen molar-refractivity contribution in [1.82, 2.24) is 5.32 Å². The lowest BCUT2D eigenvalue weighted by atomic mass is 9.93. The highest BCUT2D eigenvalue weighted by atomic mass is 19.1. The molecular weight excluding hydrogens is 253 g/mol. The first-order valence-electron chi connectivity index (χ1n) is 6.57. The molecule has 102 valence electrons. The topological polar surface area (TPSA) is 21.3 Å². The van der Waals surface area contributed by atoms with Crippen LogP contribution in [-0.4, -0.2) is 7.11 Å². The molecule has 0 aliphatic carbocycles. The Morgan fingerprint density at radius 1 is 1.25 bits per heavy atom. The van der Waals surface area contributed by atoms with Gasteiger partial charge >= 0.3 is 0 Å². The Kier molecular flexibility index (Phi) is 3.18. The van der Waals surface area contributed by atoms with Crippen LogP contribution in [0.4, 0.5) is 4.39 Å². The van der Waals surface area contributed by atoms with Gasteiger partial charge in [-0.05, 0) is 53.6 Å². The van der Waals surface area contributed by atoms with Gasteiger partial charge in [0.1, 0.15) is 0 Å². The van der Waals surface area contributed by atoms with Crippen LogP contribution >= 0.6 is 0 Å². The Labute approximate surface area is 117 Å². The lowest BCUT2D eigenvalue weighted by molar-refractivity contribution is 0.387. The summed E-state index contributed by atoms with van der Waals surface area (Å²) in [6.45, 7) is 2.87. The normalized spacial score (nSPS) is 12.8. The van der Waals surface area contributed by atoms with Crippen molar-refractivity contribution in [1.29, 1.82) is 0 Å². The van der Waals surface area contributed by atoms with Gasteiger partial charge < -0.3 is 10.1 Å². The summed E-state index contributed by atoms with van der Waals surface area (Å²) in [6, 6.07) is 9.27. The number of aryl methyl sites for hydroxylation is 1. The molecule has 0 saturated heterocycles. The van der Waals surface area contributed by atoms with E-state index in [1.165, 1.54) is 12.7 Å². The second-order valence-electron chi connectivity index (χ2n) is 4.90. The number of rotatable bonds is 2. The predicted octanol–water partition coefficient (Wildman–Crippen LogP) is 3.88. The summed E-state index contributed by atoms with van der Waals surface area (Å²) in [5.74, 6) is -0.0395. The van der Waals surface area contributed by atoms with Gasteiger partial charge in [-0.1, -0.05) is 18.2 Å². The van der Waals surface area contributed by atoms with Gasteiger partial charge in [0.05, 0.1) is 7.11 Å². The smallest absolute Gasteiger partial charge is 0.172 e. The van der Waals surface area contributed by atoms with Crippen molar-refractivity contribution in [2.75, 3.05) is 7.11 Å².